The van der Waals surface area contributed by atoms with Gasteiger partial charge in [-0.3, -0.25) is 4.21 Å². The average molecular weight is 363 g/mol. The summed E-state index contributed by atoms with van der Waals surface area (Å²) in [6.45, 7) is 2.07. The number of amides is 2. The van der Waals surface area contributed by atoms with Gasteiger partial charge in [0.2, 0.25) is 0 Å². The molecule has 8 heteroatoms. The molecule has 1 rings (SSSR count). The molecule has 0 aliphatic rings. The highest BCUT2D eigenvalue weighted by Crippen LogP contribution is 2.21. The van der Waals surface area contributed by atoms with Crippen molar-refractivity contribution in [3.63, 3.8) is 0 Å². The SMILES string of the molecule is CCS(=O)CCNC(=O)Nc1cc(Br)ccc1C(=O)O. The highest BCUT2D eigenvalue weighted by Gasteiger charge is 2.12. The van der Waals surface area contributed by atoms with Crippen LogP contribution in [0.1, 0.15) is 17.3 Å². The number of rotatable bonds is 6. The van der Waals surface area contributed by atoms with Crippen LogP contribution in [0.4, 0.5) is 10.5 Å². The second-order valence-electron chi connectivity index (χ2n) is 3.81. The summed E-state index contributed by atoms with van der Waals surface area (Å²) in [5.41, 5.74) is 0.196. The third-order valence-electron chi connectivity index (χ3n) is 2.40. The first-order valence-corrected chi connectivity index (χ1v) is 8.14. The van der Waals surface area contributed by atoms with Crippen molar-refractivity contribution in [2.24, 2.45) is 0 Å². The molecule has 1 aromatic carbocycles. The van der Waals surface area contributed by atoms with Crippen LogP contribution in [0, 0.1) is 0 Å². The van der Waals surface area contributed by atoms with Gasteiger partial charge >= 0.3 is 12.0 Å². The van der Waals surface area contributed by atoms with E-state index in [9.17, 15) is 13.8 Å². The Morgan fingerprint density at radius 1 is 1.40 bits per heavy atom. The Morgan fingerprint density at radius 3 is 2.70 bits per heavy atom. The molecule has 0 spiro atoms. The minimum atomic E-state index is -1.13. The van der Waals surface area contributed by atoms with Crippen LogP contribution in [0.15, 0.2) is 22.7 Å². The maximum absolute atomic E-state index is 11.6. The van der Waals surface area contributed by atoms with Gasteiger partial charge in [-0.05, 0) is 18.2 Å². The topological polar surface area (TPSA) is 95.5 Å². The lowest BCUT2D eigenvalue weighted by molar-refractivity contribution is 0.0698. The van der Waals surface area contributed by atoms with Crippen LogP contribution in [0.3, 0.4) is 0 Å². The van der Waals surface area contributed by atoms with Gasteiger partial charge in [-0.2, -0.15) is 0 Å². The minimum Gasteiger partial charge on any atom is -0.478 e. The molecule has 0 aromatic heterocycles. The van der Waals surface area contributed by atoms with Crippen LogP contribution in [0.25, 0.3) is 0 Å². The average Bonchev–Trinajstić information content (AvgIpc) is 2.38. The van der Waals surface area contributed by atoms with Gasteiger partial charge in [-0.1, -0.05) is 22.9 Å². The van der Waals surface area contributed by atoms with E-state index in [1.54, 1.807) is 13.0 Å². The van der Waals surface area contributed by atoms with Crippen LogP contribution >= 0.6 is 15.9 Å². The number of halogens is 1. The van der Waals surface area contributed by atoms with Gasteiger partial charge in [-0.15, -0.1) is 0 Å². The van der Waals surface area contributed by atoms with Crippen LogP contribution in [0.5, 0.6) is 0 Å². The third-order valence-corrected chi connectivity index (χ3v) is 4.19. The Labute approximate surface area is 127 Å². The fraction of sp³-hybridized carbons (Fsp3) is 0.333. The second kappa shape index (κ2) is 8.01. The van der Waals surface area contributed by atoms with Crippen molar-refractivity contribution < 1.29 is 18.9 Å². The molecule has 6 nitrogen and oxygen atoms in total. The van der Waals surface area contributed by atoms with E-state index in [-0.39, 0.29) is 17.8 Å². The molecule has 0 aliphatic carbocycles. The predicted octanol–water partition coefficient (Wildman–Crippen LogP) is 2.04. The van der Waals surface area contributed by atoms with Gasteiger partial charge in [-0.25, -0.2) is 9.59 Å². The van der Waals surface area contributed by atoms with Gasteiger partial charge < -0.3 is 15.7 Å². The van der Waals surface area contributed by atoms with Gasteiger partial charge in [0.25, 0.3) is 0 Å². The quantitative estimate of drug-likeness (QED) is 0.721. The minimum absolute atomic E-state index is 0.000449. The first-order valence-electron chi connectivity index (χ1n) is 5.86. The molecule has 0 bridgehead atoms. The molecule has 0 aliphatic heterocycles. The first-order chi connectivity index (χ1) is 9.43. The molecular weight excluding hydrogens is 348 g/mol. The second-order valence-corrected chi connectivity index (χ2v) is 6.59. The van der Waals surface area contributed by atoms with E-state index in [0.717, 1.165) is 0 Å². The summed E-state index contributed by atoms with van der Waals surface area (Å²) < 4.78 is 11.9. The lowest BCUT2D eigenvalue weighted by atomic mass is 10.2. The van der Waals surface area contributed by atoms with Crippen molar-refractivity contribution in [3.05, 3.63) is 28.2 Å². The lowest BCUT2D eigenvalue weighted by Gasteiger charge is -2.10. The molecule has 110 valence electrons. The van der Waals surface area contributed by atoms with Gasteiger partial charge in [0, 0.05) is 33.3 Å². The third kappa shape index (κ3) is 5.30. The van der Waals surface area contributed by atoms with Crippen molar-refractivity contribution >= 4 is 44.4 Å². The zero-order chi connectivity index (χ0) is 15.1. The molecule has 0 fully saturated rings. The van der Waals surface area contributed by atoms with Crippen LogP contribution in [-0.4, -0.2) is 39.4 Å². The number of nitrogens with one attached hydrogen (secondary N) is 2. The maximum Gasteiger partial charge on any atom is 0.337 e. The van der Waals surface area contributed by atoms with E-state index in [0.29, 0.717) is 16.0 Å². The molecule has 3 N–H and O–H groups in total. The van der Waals surface area contributed by atoms with E-state index < -0.39 is 22.8 Å². The number of urea groups is 1. The Morgan fingerprint density at radius 2 is 2.10 bits per heavy atom. The Bertz CT molecular complexity index is 536. The highest BCUT2D eigenvalue weighted by molar-refractivity contribution is 9.10. The van der Waals surface area contributed by atoms with E-state index >= 15 is 0 Å². The zero-order valence-electron chi connectivity index (χ0n) is 10.8. The molecule has 0 radical (unpaired) electrons. The van der Waals surface area contributed by atoms with Crippen molar-refractivity contribution in [1.82, 2.24) is 5.32 Å². The number of anilines is 1. The van der Waals surface area contributed by atoms with Gasteiger partial charge in [0.15, 0.2) is 0 Å². The van der Waals surface area contributed by atoms with Crippen LogP contribution < -0.4 is 10.6 Å². The smallest absolute Gasteiger partial charge is 0.337 e. The normalized spacial score (nSPS) is 11.7. The molecule has 0 saturated heterocycles. The summed E-state index contributed by atoms with van der Waals surface area (Å²) in [5, 5.41) is 14.0. The number of aromatic carboxylic acids is 1. The van der Waals surface area contributed by atoms with E-state index in [2.05, 4.69) is 26.6 Å². The molecule has 1 aromatic rings. The number of hydrogen-bond acceptors (Lipinski definition) is 3. The maximum atomic E-state index is 11.6. The monoisotopic (exact) mass is 362 g/mol. The van der Waals surface area contributed by atoms with E-state index in [1.807, 2.05) is 0 Å². The van der Waals surface area contributed by atoms with Crippen molar-refractivity contribution in [2.75, 3.05) is 23.4 Å². The highest BCUT2D eigenvalue weighted by atomic mass is 79.9. The summed E-state index contributed by atoms with van der Waals surface area (Å²) in [6, 6.07) is 3.96. The Balaban J connectivity index is 2.63. The van der Waals surface area contributed by atoms with Gasteiger partial charge in [0.05, 0.1) is 11.3 Å². The molecular formula is C12H15BrN2O4S. The number of carboxylic acid groups (broad SMARTS) is 1. The summed E-state index contributed by atoms with van der Waals surface area (Å²) in [7, 11) is -0.949. The molecule has 0 saturated carbocycles. The summed E-state index contributed by atoms with van der Waals surface area (Å²) >= 11 is 3.21. The lowest BCUT2D eigenvalue weighted by Crippen LogP contribution is -2.32. The first kappa shape index (κ1) is 16.6. The Hall–Kier alpha value is -1.41. The summed E-state index contributed by atoms with van der Waals surface area (Å²) in [4.78, 5) is 22.7. The van der Waals surface area contributed by atoms with Crippen molar-refractivity contribution in [1.29, 1.82) is 0 Å². The van der Waals surface area contributed by atoms with Crippen LogP contribution in [-0.2, 0) is 10.8 Å². The molecule has 20 heavy (non-hydrogen) atoms. The summed E-state index contributed by atoms with van der Waals surface area (Å²) in [6.07, 6.45) is 0. The zero-order valence-corrected chi connectivity index (χ0v) is 13.2. The number of hydrogen-bond donors (Lipinski definition) is 3. The Kier molecular flexibility index (Phi) is 6.66. The molecule has 1 unspecified atom stereocenters. The van der Waals surface area contributed by atoms with Gasteiger partial charge in [0.1, 0.15) is 0 Å². The number of carbonyl (C=O) groups excluding carboxylic acids is 1. The standard InChI is InChI=1S/C12H15BrN2O4S/c1-2-20(19)6-5-14-12(18)15-10-7-8(13)3-4-9(10)11(16)17/h3-4,7H,2,5-6H2,1H3,(H,16,17)(H2,14,15,18). The largest absolute Gasteiger partial charge is 0.478 e. The predicted molar refractivity (Wildman–Crippen MR) is 81.7 cm³/mol. The fourth-order valence-electron chi connectivity index (χ4n) is 1.40. The fourth-order valence-corrected chi connectivity index (χ4v) is 2.38. The molecule has 2 amide bonds. The van der Waals surface area contributed by atoms with Crippen molar-refractivity contribution in [3.8, 4) is 0 Å². The number of carbonyl (C=O) groups is 2. The van der Waals surface area contributed by atoms with E-state index in [1.165, 1.54) is 12.1 Å². The molecule has 0 heterocycles. The van der Waals surface area contributed by atoms with Crippen molar-refractivity contribution in [2.45, 2.75) is 6.92 Å². The van der Waals surface area contributed by atoms with Crippen LogP contribution in [0.2, 0.25) is 0 Å². The molecule has 1 atom stereocenters. The van der Waals surface area contributed by atoms with E-state index in [4.69, 9.17) is 5.11 Å². The summed E-state index contributed by atoms with van der Waals surface area (Å²) in [5.74, 6) is -0.216. The number of benzene rings is 1. The number of carboxylic acids is 1.